The van der Waals surface area contributed by atoms with Crippen molar-refractivity contribution in [2.75, 3.05) is 14.2 Å². The first-order valence-corrected chi connectivity index (χ1v) is 4.73. The van der Waals surface area contributed by atoms with E-state index in [0.29, 0.717) is 0 Å². The van der Waals surface area contributed by atoms with Gasteiger partial charge in [0.05, 0.1) is 0 Å². The van der Waals surface area contributed by atoms with E-state index in [-0.39, 0.29) is 17.1 Å². The van der Waals surface area contributed by atoms with Crippen molar-refractivity contribution in [2.24, 2.45) is 0 Å². The van der Waals surface area contributed by atoms with Crippen LogP contribution in [-0.2, 0) is 40.0 Å². The third-order valence-corrected chi connectivity index (χ3v) is 1.56. The van der Waals surface area contributed by atoms with Crippen LogP contribution in [0, 0.1) is 45.4 Å². The Balaban J connectivity index is -0.0000000658. The van der Waals surface area contributed by atoms with Crippen molar-refractivity contribution in [3.8, 4) is 0 Å². The Bertz CT molecular complexity index is 148. The molecule has 5 nitrogen and oxygen atoms in total. The van der Waals surface area contributed by atoms with Crippen LogP contribution in [0.15, 0.2) is 0 Å². The molecule has 0 aromatic carbocycles. The normalized spacial score (nSPS) is 11.4. The quantitative estimate of drug-likeness (QED) is 0.335. The van der Waals surface area contributed by atoms with Crippen molar-refractivity contribution in [3.05, 3.63) is 45.4 Å². The second-order valence-corrected chi connectivity index (χ2v) is 2.94. The predicted octanol–water partition coefficient (Wildman–Crippen LogP) is 1.61. The van der Waals surface area contributed by atoms with Gasteiger partial charge in [-0.15, -0.1) is 0 Å². The van der Waals surface area contributed by atoms with E-state index in [0.717, 1.165) is 0 Å². The summed E-state index contributed by atoms with van der Waals surface area (Å²) < 4.78 is 33.4. The van der Waals surface area contributed by atoms with Gasteiger partial charge in [0.15, 0.2) is 0 Å². The maximum absolute atomic E-state index is 9.92. The molecule has 0 aromatic heterocycles. The molecule has 1 aliphatic carbocycles. The summed E-state index contributed by atoms with van der Waals surface area (Å²) in [7, 11) is 0.558. The van der Waals surface area contributed by atoms with Crippen molar-refractivity contribution in [1.29, 1.82) is 0 Å². The summed E-state index contributed by atoms with van der Waals surface area (Å²) >= 11 is 0. The van der Waals surface area contributed by atoms with E-state index in [1.807, 2.05) is 32.1 Å². The third kappa shape index (κ3) is 29.2. The summed E-state index contributed by atoms with van der Waals surface area (Å²) in [5.74, 6) is 0. The Kier molecular flexibility index (Phi) is 46.2. The molecule has 0 unspecified atom stereocenters. The van der Waals surface area contributed by atoms with Crippen LogP contribution in [-0.4, -0.2) is 14.2 Å². The minimum atomic E-state index is -2.12. The SMILES string of the molecule is CO[PH](=O)OC.[C-]#[O+].[C-]#[O+].[CH]1[CH][CH][CH][CH]1.[Fe]. The van der Waals surface area contributed by atoms with Crippen LogP contribution in [0.5, 0.6) is 0 Å². The van der Waals surface area contributed by atoms with Gasteiger partial charge >= 0.3 is 30.9 Å². The molecule has 1 saturated carbocycles. The minimum Gasteiger partial charge on any atom is -0.0312 e. The molecule has 0 spiro atoms. The zero-order valence-electron chi connectivity index (χ0n) is 8.78. The molecule has 0 saturated heterocycles. The number of rotatable bonds is 2. The molecule has 5 radical (unpaired) electrons. The monoisotopic (exact) mass is 287 g/mol. The zero-order chi connectivity index (χ0) is 12.5. The van der Waals surface area contributed by atoms with E-state index in [1.165, 1.54) is 14.2 Å². The van der Waals surface area contributed by atoms with Gasteiger partial charge in [-0.05, 0) is 32.1 Å². The summed E-state index contributed by atoms with van der Waals surface area (Å²) in [6.45, 7) is 9.00. The van der Waals surface area contributed by atoms with Crippen molar-refractivity contribution in [1.82, 2.24) is 0 Å². The standard InChI is InChI=1S/C5H5.C2H7O3P.2CO.Fe/c1-2-4-5-3-1;1-4-6(3)5-2;2*1-2;/h1-5H;6H,1-2H3;;;. The smallest absolute Gasteiger partial charge is 0 e. The van der Waals surface area contributed by atoms with Crippen LogP contribution in [0.3, 0.4) is 0 Å². The molecule has 0 amide bonds. The summed E-state index contributed by atoms with van der Waals surface area (Å²) in [5.41, 5.74) is 0. The van der Waals surface area contributed by atoms with Gasteiger partial charge in [-0.2, -0.15) is 0 Å². The summed E-state index contributed by atoms with van der Waals surface area (Å²) in [6, 6.07) is 0. The van der Waals surface area contributed by atoms with E-state index in [1.54, 1.807) is 0 Å². The fraction of sp³-hybridized carbons (Fsp3) is 0.222. The topological polar surface area (TPSA) is 75.3 Å². The van der Waals surface area contributed by atoms with Gasteiger partial charge in [-0.1, -0.05) is 0 Å². The number of hydrogen-bond donors (Lipinski definition) is 0. The fourth-order valence-corrected chi connectivity index (χ4v) is 0.571. The molecule has 1 aliphatic rings. The molecule has 0 aromatic rings. The maximum Gasteiger partial charge on any atom is 0 e. The van der Waals surface area contributed by atoms with Gasteiger partial charge in [-0.25, -0.2) is 0 Å². The molecule has 16 heavy (non-hydrogen) atoms. The second-order valence-electron chi connectivity index (χ2n) is 1.62. The van der Waals surface area contributed by atoms with Gasteiger partial charge in [-0.3, -0.25) is 4.57 Å². The van der Waals surface area contributed by atoms with Gasteiger partial charge in [0.1, 0.15) is 0 Å². The molecule has 0 N–H and O–H groups in total. The first-order chi connectivity index (χ1) is 7.31. The predicted molar refractivity (Wildman–Crippen MR) is 52.4 cm³/mol. The zero-order valence-corrected chi connectivity index (χ0v) is 10.9. The Morgan fingerprint density at radius 3 is 1.12 bits per heavy atom. The largest absolute Gasteiger partial charge is 0.0312 e. The molecule has 0 atom stereocenters. The molecular weight excluding hydrogens is 275 g/mol. The molecule has 91 valence electrons. The van der Waals surface area contributed by atoms with Crippen molar-refractivity contribution in [2.45, 2.75) is 0 Å². The fourth-order valence-electron chi connectivity index (χ4n) is 0.404. The van der Waals surface area contributed by atoms with Gasteiger partial charge in [0.2, 0.25) is 0 Å². The molecule has 0 bridgehead atoms. The van der Waals surface area contributed by atoms with E-state index in [9.17, 15) is 4.57 Å². The van der Waals surface area contributed by atoms with Crippen LogP contribution in [0.25, 0.3) is 0 Å². The third-order valence-electron chi connectivity index (χ3n) is 0.889. The van der Waals surface area contributed by atoms with Crippen molar-refractivity contribution >= 4 is 8.25 Å². The summed E-state index contributed by atoms with van der Waals surface area (Å²) in [6.07, 6.45) is 10.0. The molecular formula is C9H12FeO5P. The summed E-state index contributed by atoms with van der Waals surface area (Å²) in [5, 5.41) is 0. The van der Waals surface area contributed by atoms with Crippen molar-refractivity contribution in [3.63, 3.8) is 0 Å². The average molecular weight is 287 g/mol. The molecule has 1 rings (SSSR count). The van der Waals surface area contributed by atoms with E-state index >= 15 is 0 Å². The van der Waals surface area contributed by atoms with Crippen LogP contribution in [0.1, 0.15) is 0 Å². The van der Waals surface area contributed by atoms with Crippen LogP contribution >= 0.6 is 8.25 Å². The maximum atomic E-state index is 9.92. The average Bonchev–Trinajstić information content (AvgIpc) is 2.92. The Morgan fingerprint density at radius 1 is 0.875 bits per heavy atom. The Morgan fingerprint density at radius 2 is 1.06 bits per heavy atom. The van der Waals surface area contributed by atoms with E-state index in [2.05, 4.69) is 22.3 Å². The van der Waals surface area contributed by atoms with E-state index in [4.69, 9.17) is 9.30 Å². The van der Waals surface area contributed by atoms with Gasteiger partial charge < -0.3 is 9.05 Å². The Labute approximate surface area is 108 Å². The molecule has 1 fully saturated rings. The Hall–Kier alpha value is 0.149. The summed E-state index contributed by atoms with van der Waals surface area (Å²) in [4.78, 5) is 0. The van der Waals surface area contributed by atoms with Crippen LogP contribution < -0.4 is 0 Å². The van der Waals surface area contributed by atoms with Crippen molar-refractivity contribution < 1.29 is 40.0 Å². The minimum absolute atomic E-state index is 0. The number of hydrogen-bond acceptors (Lipinski definition) is 3. The second kappa shape index (κ2) is 29.4. The molecule has 0 aliphatic heterocycles. The van der Waals surface area contributed by atoms with Gasteiger partial charge in [0.25, 0.3) is 0 Å². The first kappa shape index (κ1) is 25.1. The van der Waals surface area contributed by atoms with Crippen LogP contribution in [0.4, 0.5) is 0 Å². The van der Waals surface area contributed by atoms with E-state index < -0.39 is 8.25 Å². The first-order valence-electron chi connectivity index (χ1n) is 3.50. The van der Waals surface area contributed by atoms with Gasteiger partial charge in [0, 0.05) is 31.3 Å². The molecule has 0 heterocycles. The van der Waals surface area contributed by atoms with Crippen LogP contribution in [0.2, 0.25) is 0 Å². The molecule has 7 heteroatoms.